The third-order valence-electron chi connectivity index (χ3n) is 3.61. The average Bonchev–Trinajstić information content (AvgIpc) is 3.02. The fourth-order valence-electron chi connectivity index (χ4n) is 2.65. The van der Waals surface area contributed by atoms with E-state index in [9.17, 15) is 0 Å². The van der Waals surface area contributed by atoms with Crippen molar-refractivity contribution >= 4 is 21.5 Å². The first kappa shape index (κ1) is 22.3. The number of halogens is 2. The van der Waals surface area contributed by atoms with Crippen LogP contribution >= 0.6 is 0 Å². The zero-order valence-corrected chi connectivity index (χ0v) is 17.2. The summed E-state index contributed by atoms with van der Waals surface area (Å²) < 4.78 is 0. The summed E-state index contributed by atoms with van der Waals surface area (Å²) in [5.41, 5.74) is 1.27. The van der Waals surface area contributed by atoms with Crippen molar-refractivity contribution in [1.29, 1.82) is 0 Å². The molecule has 1 aliphatic rings. The smallest absolute Gasteiger partial charge is 1.00 e. The van der Waals surface area contributed by atoms with Crippen LogP contribution in [0.5, 0.6) is 0 Å². The van der Waals surface area contributed by atoms with Gasteiger partial charge in [-0.15, -0.1) is 39.7 Å². The van der Waals surface area contributed by atoms with E-state index in [0.717, 1.165) is 0 Å². The molecule has 3 heteroatoms. The molecule has 0 radical (unpaired) electrons. The van der Waals surface area contributed by atoms with E-state index in [4.69, 9.17) is 0 Å². The molecule has 23 heavy (non-hydrogen) atoms. The van der Waals surface area contributed by atoms with Crippen molar-refractivity contribution in [3.63, 3.8) is 0 Å². The molecule has 0 aromatic heterocycles. The van der Waals surface area contributed by atoms with Crippen molar-refractivity contribution in [2.75, 3.05) is 0 Å². The van der Waals surface area contributed by atoms with Crippen LogP contribution in [0, 0.1) is 12.0 Å². The number of fused-ring (bicyclic) bond motifs is 3. The van der Waals surface area contributed by atoms with Crippen LogP contribution in [0.15, 0.2) is 72.3 Å². The number of hydrogen-bond acceptors (Lipinski definition) is 0. The van der Waals surface area contributed by atoms with Gasteiger partial charge in [-0.2, -0.15) is 6.08 Å². The number of rotatable bonds is 0. The van der Waals surface area contributed by atoms with Gasteiger partial charge in [0, 0.05) is 0 Å². The van der Waals surface area contributed by atoms with Gasteiger partial charge in [0.25, 0.3) is 0 Å². The van der Waals surface area contributed by atoms with Crippen LogP contribution in [0.4, 0.5) is 0 Å². The largest absolute Gasteiger partial charge is 4.00 e. The van der Waals surface area contributed by atoms with Gasteiger partial charge in [0.1, 0.15) is 0 Å². The van der Waals surface area contributed by atoms with Gasteiger partial charge < -0.3 is 24.8 Å². The Kier molecular flexibility index (Phi) is 9.86. The number of allylic oxidation sites excluding steroid dienone is 4. The van der Waals surface area contributed by atoms with E-state index < -0.39 is 0 Å². The first-order chi connectivity index (χ1) is 9.74. The van der Waals surface area contributed by atoms with Crippen molar-refractivity contribution in [1.82, 2.24) is 0 Å². The molecule has 0 heterocycles. The van der Waals surface area contributed by atoms with Crippen molar-refractivity contribution in [3.05, 3.63) is 78.4 Å². The van der Waals surface area contributed by atoms with E-state index in [1.54, 1.807) is 0 Å². The summed E-state index contributed by atoms with van der Waals surface area (Å²) in [7, 11) is 0. The minimum atomic E-state index is 0. The molecule has 0 bridgehead atoms. The Morgan fingerprint density at radius 3 is 1.70 bits per heavy atom. The van der Waals surface area contributed by atoms with Crippen LogP contribution in [0.1, 0.15) is 13.8 Å². The molecule has 0 spiro atoms. The summed E-state index contributed by atoms with van der Waals surface area (Å²) in [5.74, 6) is 0.556. The third kappa shape index (κ3) is 5.38. The molecular weight excluding hydrogens is 402 g/mol. The van der Waals surface area contributed by atoms with Gasteiger partial charge in [-0.1, -0.05) is 56.2 Å². The minimum Gasteiger partial charge on any atom is -1.00 e. The summed E-state index contributed by atoms with van der Waals surface area (Å²) >= 11 is 0. The molecule has 1 unspecified atom stereocenters. The Hall–Kier alpha value is -0.747. The number of hydrogen-bond donors (Lipinski definition) is 0. The topological polar surface area (TPSA) is 0 Å². The first-order valence-corrected chi connectivity index (χ1v) is 7.05. The molecule has 0 saturated carbocycles. The molecule has 4 rings (SSSR count). The molecule has 0 saturated heterocycles. The maximum atomic E-state index is 3.22. The van der Waals surface area contributed by atoms with Crippen molar-refractivity contribution in [3.8, 4) is 0 Å². The fourth-order valence-corrected chi connectivity index (χ4v) is 2.65. The van der Waals surface area contributed by atoms with Gasteiger partial charge in [0.2, 0.25) is 0 Å². The quantitative estimate of drug-likeness (QED) is 0.437. The average molecular weight is 420 g/mol. The second-order valence-corrected chi connectivity index (χ2v) is 5.29. The molecule has 0 N–H and O–H groups in total. The normalized spacial score (nSPS) is 14.9. The van der Waals surface area contributed by atoms with Crippen LogP contribution in [-0.2, 0) is 26.2 Å². The van der Waals surface area contributed by atoms with E-state index in [1.807, 2.05) is 0 Å². The number of benzene rings is 2. The van der Waals surface area contributed by atoms with E-state index in [-0.39, 0.29) is 51.0 Å². The Bertz CT molecular complexity index is 749. The zero-order valence-electron chi connectivity index (χ0n) is 13.2. The second kappa shape index (κ2) is 10.2. The Labute approximate surface area is 170 Å². The Balaban J connectivity index is 0.000000426. The van der Waals surface area contributed by atoms with Gasteiger partial charge in [0.05, 0.1) is 0 Å². The molecule has 3 aromatic rings. The second-order valence-electron chi connectivity index (χ2n) is 5.29. The third-order valence-corrected chi connectivity index (χ3v) is 3.61. The SMILES string of the molecule is CC1=[C-]C(C)C=C1.[Cl-].[Cl-].[Zr+4].c1ccc2c(c1)[cH-]c1ccccc12. The van der Waals surface area contributed by atoms with E-state index >= 15 is 0 Å². The Morgan fingerprint density at radius 2 is 1.35 bits per heavy atom. The van der Waals surface area contributed by atoms with E-state index in [0.29, 0.717) is 5.92 Å². The van der Waals surface area contributed by atoms with Crippen molar-refractivity contribution < 1.29 is 51.0 Å². The molecular formula is C20H18Cl2Zr. The van der Waals surface area contributed by atoms with Gasteiger partial charge in [0.15, 0.2) is 0 Å². The van der Waals surface area contributed by atoms with Crippen molar-refractivity contribution in [2.24, 2.45) is 5.92 Å². The summed E-state index contributed by atoms with van der Waals surface area (Å²) in [6.07, 6.45) is 7.47. The van der Waals surface area contributed by atoms with E-state index in [1.165, 1.54) is 27.1 Å². The molecule has 0 amide bonds. The molecule has 3 aromatic carbocycles. The maximum Gasteiger partial charge on any atom is 4.00 e. The van der Waals surface area contributed by atoms with Crippen LogP contribution in [0.3, 0.4) is 0 Å². The summed E-state index contributed by atoms with van der Waals surface area (Å²) in [4.78, 5) is 0. The molecule has 1 atom stereocenters. The fraction of sp³-hybridized carbons (Fsp3) is 0.150. The zero-order chi connectivity index (χ0) is 13.9. The predicted molar refractivity (Wildman–Crippen MR) is 87.8 cm³/mol. The van der Waals surface area contributed by atoms with Gasteiger partial charge in [-0.3, -0.25) is 6.08 Å². The van der Waals surface area contributed by atoms with Crippen LogP contribution in [0.25, 0.3) is 21.5 Å². The minimum absolute atomic E-state index is 0. The monoisotopic (exact) mass is 418 g/mol. The first-order valence-electron chi connectivity index (χ1n) is 7.05. The predicted octanol–water partition coefficient (Wildman–Crippen LogP) is -0.341. The molecule has 0 aliphatic heterocycles. The van der Waals surface area contributed by atoms with Crippen LogP contribution in [-0.4, -0.2) is 0 Å². The maximum absolute atomic E-state index is 3.22. The summed E-state index contributed by atoms with van der Waals surface area (Å²) in [5, 5.41) is 5.39. The van der Waals surface area contributed by atoms with Gasteiger partial charge >= 0.3 is 26.2 Å². The van der Waals surface area contributed by atoms with Crippen molar-refractivity contribution in [2.45, 2.75) is 13.8 Å². The summed E-state index contributed by atoms with van der Waals surface area (Å²) in [6.45, 7) is 4.20. The van der Waals surface area contributed by atoms with E-state index in [2.05, 4.69) is 86.7 Å². The Morgan fingerprint density at radius 1 is 0.870 bits per heavy atom. The van der Waals surface area contributed by atoms with Crippen LogP contribution < -0.4 is 24.8 Å². The van der Waals surface area contributed by atoms with Gasteiger partial charge in [-0.05, 0) is 0 Å². The molecule has 0 fully saturated rings. The molecule has 116 valence electrons. The van der Waals surface area contributed by atoms with Crippen LogP contribution in [0.2, 0.25) is 0 Å². The van der Waals surface area contributed by atoms with Gasteiger partial charge in [-0.25, -0.2) is 11.6 Å². The standard InChI is InChI=1S/C13H9.C7H9.2ClH.Zr/c1-3-7-12-10(5-1)9-11-6-2-4-8-13(11)12;1-6-3-4-7(2)5-6;;;/h1-9H;3-4,6H,1-2H3;2*1H;/q2*-1;;;+4/p-2. The molecule has 1 aliphatic carbocycles. The molecule has 0 nitrogen and oxygen atoms in total. The summed E-state index contributed by atoms with van der Waals surface area (Å²) in [6, 6.07) is 19.3.